The smallest absolute Gasteiger partial charge is 0.131 e. The third kappa shape index (κ3) is 2.44. The molecule has 1 heteroatoms. The number of carbonyl (C=O) groups excluding carboxylic acids is 1. The second kappa shape index (κ2) is 5.00. The fraction of sp³-hybridized carbons (Fsp3) is 0.250. The van der Waals surface area contributed by atoms with Crippen LogP contribution in [0.4, 0.5) is 0 Å². The molecule has 3 rings (SSSR count). The summed E-state index contributed by atoms with van der Waals surface area (Å²) in [6.45, 7) is 8.54. The third-order valence-corrected chi connectivity index (χ3v) is 4.24. The Hall–Kier alpha value is -2.15. The summed E-state index contributed by atoms with van der Waals surface area (Å²) in [6.07, 6.45) is 4.15. The van der Waals surface area contributed by atoms with E-state index in [-0.39, 0.29) is 11.3 Å². The number of rotatable bonds is 2. The first-order valence-corrected chi connectivity index (χ1v) is 7.36. The molecule has 0 amide bonds. The van der Waals surface area contributed by atoms with E-state index in [2.05, 4.69) is 56.8 Å². The molecule has 2 aromatic carbocycles. The summed E-state index contributed by atoms with van der Waals surface area (Å²) in [5, 5.41) is 2.40. The van der Waals surface area contributed by atoms with Gasteiger partial charge in [-0.15, -0.1) is 0 Å². The molecule has 1 nitrogen and oxygen atoms in total. The quantitative estimate of drug-likeness (QED) is 0.555. The van der Waals surface area contributed by atoms with Gasteiger partial charge in [-0.1, -0.05) is 74.5 Å². The molecule has 2 aromatic rings. The van der Waals surface area contributed by atoms with Crippen molar-refractivity contribution in [2.24, 2.45) is 11.3 Å². The van der Waals surface area contributed by atoms with Gasteiger partial charge in [-0.2, -0.15) is 0 Å². The van der Waals surface area contributed by atoms with Crippen molar-refractivity contribution in [2.75, 3.05) is 0 Å². The zero-order valence-corrected chi connectivity index (χ0v) is 12.6. The molecule has 106 valence electrons. The number of benzene rings is 2. The van der Waals surface area contributed by atoms with Gasteiger partial charge in [0.15, 0.2) is 0 Å². The highest BCUT2D eigenvalue weighted by Gasteiger charge is 2.31. The van der Waals surface area contributed by atoms with Crippen LogP contribution < -0.4 is 0 Å². The van der Waals surface area contributed by atoms with E-state index in [1.54, 1.807) is 0 Å². The number of aldehydes is 1. The van der Waals surface area contributed by atoms with Crippen molar-refractivity contribution >= 4 is 22.6 Å². The van der Waals surface area contributed by atoms with Gasteiger partial charge in [-0.05, 0) is 33.7 Å². The molecule has 0 radical (unpaired) electrons. The Bertz CT molecular complexity index is 744. The van der Waals surface area contributed by atoms with Crippen LogP contribution in [-0.4, -0.2) is 6.29 Å². The van der Waals surface area contributed by atoms with Gasteiger partial charge in [0.05, 0.1) is 5.92 Å². The fourth-order valence-electron chi connectivity index (χ4n) is 3.37. The molecule has 0 bridgehead atoms. The summed E-state index contributed by atoms with van der Waals surface area (Å²) in [4.78, 5) is 11.6. The molecule has 0 saturated heterocycles. The monoisotopic (exact) mass is 276 g/mol. The van der Waals surface area contributed by atoms with E-state index < -0.39 is 0 Å². The van der Waals surface area contributed by atoms with Crippen LogP contribution in [0, 0.1) is 11.3 Å². The Morgan fingerprint density at radius 2 is 1.86 bits per heavy atom. The Morgan fingerprint density at radius 3 is 2.62 bits per heavy atom. The van der Waals surface area contributed by atoms with E-state index in [1.807, 2.05) is 12.1 Å². The van der Waals surface area contributed by atoms with Gasteiger partial charge in [0.2, 0.25) is 0 Å². The summed E-state index contributed by atoms with van der Waals surface area (Å²) in [6, 6.07) is 14.6. The highest BCUT2D eigenvalue weighted by atomic mass is 16.1. The maximum Gasteiger partial charge on any atom is 0.131 e. The second-order valence-electron chi connectivity index (χ2n) is 6.56. The largest absolute Gasteiger partial charge is 0.302 e. The second-order valence-corrected chi connectivity index (χ2v) is 6.56. The molecule has 21 heavy (non-hydrogen) atoms. The summed E-state index contributed by atoms with van der Waals surface area (Å²) in [5.74, 6) is -0.191. The van der Waals surface area contributed by atoms with Crippen LogP contribution in [0.25, 0.3) is 16.3 Å². The van der Waals surface area contributed by atoms with Crippen LogP contribution in [0.3, 0.4) is 0 Å². The molecule has 0 spiro atoms. The van der Waals surface area contributed by atoms with Crippen molar-refractivity contribution in [3.8, 4) is 0 Å². The van der Waals surface area contributed by atoms with E-state index in [4.69, 9.17) is 0 Å². The zero-order chi connectivity index (χ0) is 15.0. The van der Waals surface area contributed by atoms with Crippen LogP contribution in [0.15, 0.2) is 60.7 Å². The van der Waals surface area contributed by atoms with Crippen LogP contribution in [0.2, 0.25) is 0 Å². The van der Waals surface area contributed by atoms with Crippen molar-refractivity contribution in [1.29, 1.82) is 0 Å². The number of allylic oxidation sites excluding steroid dienone is 3. The van der Waals surface area contributed by atoms with Crippen molar-refractivity contribution in [3.05, 3.63) is 66.3 Å². The first-order valence-electron chi connectivity index (χ1n) is 7.36. The fourth-order valence-corrected chi connectivity index (χ4v) is 3.37. The van der Waals surface area contributed by atoms with Crippen molar-refractivity contribution in [2.45, 2.75) is 20.3 Å². The lowest BCUT2D eigenvalue weighted by molar-refractivity contribution is -0.109. The minimum Gasteiger partial charge on any atom is -0.302 e. The molecule has 1 aliphatic carbocycles. The van der Waals surface area contributed by atoms with E-state index in [0.29, 0.717) is 0 Å². The van der Waals surface area contributed by atoms with Crippen LogP contribution in [0.5, 0.6) is 0 Å². The average Bonchev–Trinajstić information content (AvgIpc) is 2.45. The highest BCUT2D eigenvalue weighted by molar-refractivity contribution is 5.98. The molecule has 1 aliphatic rings. The minimum absolute atomic E-state index is 0.0445. The van der Waals surface area contributed by atoms with E-state index in [9.17, 15) is 4.79 Å². The van der Waals surface area contributed by atoms with Gasteiger partial charge < -0.3 is 4.79 Å². The molecule has 0 fully saturated rings. The highest BCUT2D eigenvalue weighted by Crippen LogP contribution is 2.44. The molecule has 1 unspecified atom stereocenters. The lowest BCUT2D eigenvalue weighted by Crippen LogP contribution is -2.22. The maximum atomic E-state index is 11.6. The van der Waals surface area contributed by atoms with Crippen molar-refractivity contribution in [1.82, 2.24) is 0 Å². The molecule has 0 heterocycles. The summed E-state index contributed by atoms with van der Waals surface area (Å²) < 4.78 is 0. The van der Waals surface area contributed by atoms with Crippen LogP contribution in [-0.2, 0) is 4.79 Å². The van der Waals surface area contributed by atoms with Crippen LogP contribution >= 0.6 is 0 Å². The Morgan fingerprint density at radius 1 is 1.14 bits per heavy atom. The third-order valence-electron chi connectivity index (χ3n) is 4.24. The molecule has 0 saturated carbocycles. The molecular weight excluding hydrogens is 256 g/mol. The number of hydrogen-bond donors (Lipinski definition) is 0. The van der Waals surface area contributed by atoms with Crippen molar-refractivity contribution in [3.63, 3.8) is 0 Å². The SMILES string of the molecule is C=C1CC(C)(C)C=C(c2cccc3ccccc23)C1C=O. The Balaban J connectivity index is 2.26. The number of fused-ring (bicyclic) bond motifs is 1. The summed E-state index contributed by atoms with van der Waals surface area (Å²) in [7, 11) is 0. The Labute approximate surface area is 126 Å². The van der Waals surface area contributed by atoms with Gasteiger partial charge in [0, 0.05) is 0 Å². The summed E-state index contributed by atoms with van der Waals surface area (Å²) >= 11 is 0. The lowest BCUT2D eigenvalue weighted by atomic mass is 9.70. The zero-order valence-electron chi connectivity index (χ0n) is 12.6. The number of carbonyl (C=O) groups is 1. The lowest BCUT2D eigenvalue weighted by Gasteiger charge is -2.33. The first kappa shape index (κ1) is 13.8. The standard InChI is InChI=1S/C20H20O/c1-14-11-20(2,3)12-18(19(14)13-21)17-10-6-8-15-7-4-5-9-16(15)17/h4-10,12-13,19H,1,11H2,2-3H3. The maximum absolute atomic E-state index is 11.6. The molecular formula is C20H20O. The number of hydrogen-bond acceptors (Lipinski definition) is 1. The van der Waals surface area contributed by atoms with Gasteiger partial charge in [-0.3, -0.25) is 0 Å². The predicted molar refractivity (Wildman–Crippen MR) is 89.0 cm³/mol. The van der Waals surface area contributed by atoms with Gasteiger partial charge in [0.1, 0.15) is 6.29 Å². The van der Waals surface area contributed by atoms with Gasteiger partial charge >= 0.3 is 0 Å². The Kier molecular flexibility index (Phi) is 3.29. The van der Waals surface area contributed by atoms with Crippen molar-refractivity contribution < 1.29 is 4.79 Å². The van der Waals surface area contributed by atoms with Gasteiger partial charge in [0.25, 0.3) is 0 Å². The topological polar surface area (TPSA) is 17.1 Å². The van der Waals surface area contributed by atoms with E-state index in [1.165, 1.54) is 10.8 Å². The minimum atomic E-state index is -0.191. The average molecular weight is 276 g/mol. The predicted octanol–water partition coefficient (Wildman–Crippen LogP) is 5.02. The summed E-state index contributed by atoms with van der Waals surface area (Å²) in [5.41, 5.74) is 3.31. The first-order chi connectivity index (χ1) is 10.0. The molecule has 1 atom stereocenters. The molecule has 0 aliphatic heterocycles. The van der Waals surface area contributed by atoms with Gasteiger partial charge in [-0.25, -0.2) is 0 Å². The van der Waals surface area contributed by atoms with E-state index >= 15 is 0 Å². The normalized spacial score (nSPS) is 21.1. The molecule has 0 aromatic heterocycles. The van der Waals surface area contributed by atoms with E-state index in [0.717, 1.165) is 29.4 Å². The molecule has 0 N–H and O–H groups in total. The van der Waals surface area contributed by atoms with Crippen LogP contribution in [0.1, 0.15) is 25.8 Å².